The molecule has 1 aliphatic rings. The fourth-order valence-electron chi connectivity index (χ4n) is 3.86. The van der Waals surface area contributed by atoms with Crippen LogP contribution in [0.2, 0.25) is 0 Å². The van der Waals surface area contributed by atoms with Gasteiger partial charge in [0.2, 0.25) is 0 Å². The second-order valence-electron chi connectivity index (χ2n) is 7.43. The van der Waals surface area contributed by atoms with Gasteiger partial charge in [-0.15, -0.1) is 0 Å². The van der Waals surface area contributed by atoms with E-state index in [1.807, 2.05) is 0 Å². The molecular weight excluding hydrogens is 290 g/mol. The van der Waals surface area contributed by atoms with E-state index in [2.05, 4.69) is 43.3 Å². The summed E-state index contributed by atoms with van der Waals surface area (Å²) in [6.07, 6.45) is 18.2. The van der Waals surface area contributed by atoms with Crippen molar-refractivity contribution in [2.75, 3.05) is 0 Å². The van der Waals surface area contributed by atoms with Crippen molar-refractivity contribution in [2.45, 2.75) is 77.6 Å². The quantitative estimate of drug-likeness (QED) is 0.369. The number of hydrogen-bond donors (Lipinski definition) is 0. The molecule has 0 spiro atoms. The normalized spacial score (nSPS) is 21.0. The first-order valence-corrected chi connectivity index (χ1v) is 9.96. The van der Waals surface area contributed by atoms with Gasteiger partial charge in [-0.2, -0.15) is 5.26 Å². The molecule has 24 heavy (non-hydrogen) atoms. The lowest BCUT2D eigenvalue weighted by molar-refractivity contribution is 0.289. The van der Waals surface area contributed by atoms with E-state index in [4.69, 9.17) is 5.26 Å². The van der Waals surface area contributed by atoms with E-state index < -0.39 is 0 Å². The molecule has 0 radical (unpaired) electrons. The SMILES string of the molecule is CCCCc1ccc(CCCC[C@H]2CC[C@H](/C=C/C#N)CC2)cc1. The summed E-state index contributed by atoms with van der Waals surface area (Å²) in [4.78, 5) is 0. The Balaban J connectivity index is 1.58. The zero-order valence-electron chi connectivity index (χ0n) is 15.3. The maximum Gasteiger partial charge on any atom is 0.0908 e. The Morgan fingerprint density at radius 3 is 2.17 bits per heavy atom. The molecule has 0 heterocycles. The van der Waals surface area contributed by atoms with Crippen LogP contribution >= 0.6 is 0 Å². The summed E-state index contributed by atoms with van der Waals surface area (Å²) in [5.74, 6) is 1.58. The molecule has 0 N–H and O–H groups in total. The predicted octanol–water partition coefficient (Wildman–Crippen LogP) is 6.63. The van der Waals surface area contributed by atoms with E-state index in [9.17, 15) is 0 Å². The Hall–Kier alpha value is -1.55. The fourth-order valence-corrected chi connectivity index (χ4v) is 3.86. The molecule has 0 saturated heterocycles. The molecule has 0 atom stereocenters. The van der Waals surface area contributed by atoms with Gasteiger partial charge < -0.3 is 0 Å². The molecular formula is C23H33N. The molecule has 1 heteroatoms. The lowest BCUT2D eigenvalue weighted by atomic mass is 9.79. The molecule has 130 valence electrons. The van der Waals surface area contributed by atoms with Gasteiger partial charge in [-0.3, -0.25) is 0 Å². The maximum atomic E-state index is 8.60. The monoisotopic (exact) mass is 323 g/mol. The van der Waals surface area contributed by atoms with Crippen LogP contribution < -0.4 is 0 Å². The molecule has 1 fully saturated rings. The van der Waals surface area contributed by atoms with Crippen LogP contribution in [0.1, 0.15) is 75.8 Å². The fraction of sp³-hybridized carbons (Fsp3) is 0.609. The average molecular weight is 324 g/mol. The van der Waals surface area contributed by atoms with Crippen molar-refractivity contribution in [3.8, 4) is 6.07 Å². The topological polar surface area (TPSA) is 23.8 Å². The van der Waals surface area contributed by atoms with Crippen LogP contribution in [-0.4, -0.2) is 0 Å². The van der Waals surface area contributed by atoms with Crippen LogP contribution in [0.5, 0.6) is 0 Å². The van der Waals surface area contributed by atoms with Crippen LogP contribution in [0, 0.1) is 23.2 Å². The van der Waals surface area contributed by atoms with Gasteiger partial charge in [0, 0.05) is 6.08 Å². The molecule has 2 rings (SSSR count). The summed E-state index contributed by atoms with van der Waals surface area (Å²) < 4.78 is 0. The Bertz CT molecular complexity index is 512. The van der Waals surface area contributed by atoms with Gasteiger partial charge >= 0.3 is 0 Å². The van der Waals surface area contributed by atoms with Crippen LogP contribution in [0.4, 0.5) is 0 Å². The molecule has 1 aromatic rings. The lowest BCUT2D eigenvalue weighted by Gasteiger charge is -2.26. The van der Waals surface area contributed by atoms with E-state index in [0.29, 0.717) is 5.92 Å². The Labute approximate surface area is 148 Å². The van der Waals surface area contributed by atoms with Crippen molar-refractivity contribution >= 4 is 0 Å². The number of rotatable bonds is 9. The largest absolute Gasteiger partial charge is 0.193 e. The van der Waals surface area contributed by atoms with Crippen LogP contribution in [-0.2, 0) is 12.8 Å². The van der Waals surface area contributed by atoms with Gasteiger partial charge in [0.1, 0.15) is 0 Å². The van der Waals surface area contributed by atoms with Crippen molar-refractivity contribution in [2.24, 2.45) is 11.8 Å². The molecule has 0 amide bonds. The number of unbranched alkanes of at least 4 members (excludes halogenated alkanes) is 2. The Morgan fingerprint density at radius 2 is 1.58 bits per heavy atom. The predicted molar refractivity (Wildman–Crippen MR) is 103 cm³/mol. The van der Waals surface area contributed by atoms with E-state index in [0.717, 1.165) is 5.92 Å². The van der Waals surface area contributed by atoms with Crippen molar-refractivity contribution in [3.63, 3.8) is 0 Å². The summed E-state index contributed by atoms with van der Waals surface area (Å²) in [5.41, 5.74) is 2.99. The van der Waals surface area contributed by atoms with E-state index >= 15 is 0 Å². The molecule has 0 unspecified atom stereocenters. The second-order valence-corrected chi connectivity index (χ2v) is 7.43. The lowest BCUT2D eigenvalue weighted by Crippen LogP contribution is -2.13. The smallest absolute Gasteiger partial charge is 0.0908 e. The minimum Gasteiger partial charge on any atom is -0.193 e. The zero-order valence-corrected chi connectivity index (χ0v) is 15.3. The van der Waals surface area contributed by atoms with Crippen molar-refractivity contribution in [1.29, 1.82) is 5.26 Å². The molecule has 1 saturated carbocycles. The highest BCUT2D eigenvalue weighted by Crippen LogP contribution is 2.32. The van der Waals surface area contributed by atoms with E-state index in [1.54, 1.807) is 6.08 Å². The summed E-state index contributed by atoms with van der Waals surface area (Å²) in [6.45, 7) is 2.25. The third kappa shape index (κ3) is 6.91. The van der Waals surface area contributed by atoms with Crippen molar-refractivity contribution in [3.05, 3.63) is 47.5 Å². The van der Waals surface area contributed by atoms with Gasteiger partial charge in [-0.1, -0.05) is 56.5 Å². The molecule has 0 bridgehead atoms. The number of aryl methyl sites for hydroxylation is 2. The molecule has 1 nitrogen and oxygen atoms in total. The Kier molecular flexibility index (Phi) is 8.67. The van der Waals surface area contributed by atoms with Gasteiger partial charge in [0.25, 0.3) is 0 Å². The molecule has 1 aromatic carbocycles. The minimum atomic E-state index is 0.659. The van der Waals surface area contributed by atoms with Gasteiger partial charge in [-0.05, 0) is 74.3 Å². The first-order chi connectivity index (χ1) is 11.8. The van der Waals surface area contributed by atoms with E-state index in [1.165, 1.54) is 81.8 Å². The second kappa shape index (κ2) is 11.1. The molecule has 0 aromatic heterocycles. The highest BCUT2D eigenvalue weighted by molar-refractivity contribution is 5.22. The van der Waals surface area contributed by atoms with Crippen LogP contribution in [0.3, 0.4) is 0 Å². The number of nitriles is 1. The first-order valence-electron chi connectivity index (χ1n) is 9.96. The number of allylic oxidation sites excluding steroid dienone is 2. The molecule has 1 aliphatic carbocycles. The molecule has 0 aliphatic heterocycles. The van der Waals surface area contributed by atoms with Crippen LogP contribution in [0.15, 0.2) is 36.4 Å². The van der Waals surface area contributed by atoms with Crippen molar-refractivity contribution < 1.29 is 0 Å². The standard InChI is InChI=1S/C23H33N/c1-2-3-7-20-11-13-21(14-12-20)8-4-5-9-22-15-17-23(18-16-22)10-6-19-24/h6,10-14,22-23H,2-5,7-9,15-18H2,1H3/b10-6+/t22-,23-. The summed E-state index contributed by atoms with van der Waals surface area (Å²) in [6, 6.07) is 11.4. The third-order valence-electron chi connectivity index (χ3n) is 5.50. The summed E-state index contributed by atoms with van der Waals surface area (Å²) >= 11 is 0. The third-order valence-corrected chi connectivity index (χ3v) is 5.50. The first kappa shape index (κ1) is 18.8. The number of hydrogen-bond acceptors (Lipinski definition) is 1. The summed E-state index contributed by atoms with van der Waals surface area (Å²) in [7, 11) is 0. The number of benzene rings is 1. The van der Waals surface area contributed by atoms with Gasteiger partial charge in [0.05, 0.1) is 6.07 Å². The van der Waals surface area contributed by atoms with Crippen molar-refractivity contribution in [1.82, 2.24) is 0 Å². The number of nitrogens with zero attached hydrogens (tertiary/aromatic N) is 1. The average Bonchev–Trinajstić information content (AvgIpc) is 2.64. The van der Waals surface area contributed by atoms with Gasteiger partial charge in [0.15, 0.2) is 0 Å². The highest BCUT2D eigenvalue weighted by atomic mass is 14.3. The van der Waals surface area contributed by atoms with Crippen LogP contribution in [0.25, 0.3) is 0 Å². The Morgan fingerprint density at radius 1 is 0.958 bits per heavy atom. The van der Waals surface area contributed by atoms with Gasteiger partial charge in [-0.25, -0.2) is 0 Å². The highest BCUT2D eigenvalue weighted by Gasteiger charge is 2.18. The van der Waals surface area contributed by atoms with E-state index in [-0.39, 0.29) is 0 Å². The maximum absolute atomic E-state index is 8.60. The minimum absolute atomic E-state index is 0.659. The zero-order chi connectivity index (χ0) is 17.0. The summed E-state index contributed by atoms with van der Waals surface area (Å²) in [5, 5.41) is 8.60.